The molecule has 0 bridgehead atoms. The molecule has 1 aromatic rings. The standard InChI is InChI=1S/C13H20N2O4/c1-14-10(13(16)17)8-15-7-9-4-5-11(18-2)12(6-9)19-3/h4-6,10,14-15H,7-8H2,1-3H3,(H,16,17). The molecule has 0 aliphatic heterocycles. The first-order chi connectivity index (χ1) is 9.12. The van der Waals surface area contributed by atoms with Crippen molar-refractivity contribution in [2.45, 2.75) is 12.6 Å². The number of hydrogen-bond acceptors (Lipinski definition) is 5. The molecule has 19 heavy (non-hydrogen) atoms. The summed E-state index contributed by atoms with van der Waals surface area (Å²) in [5, 5.41) is 14.7. The number of benzene rings is 1. The Morgan fingerprint density at radius 3 is 2.53 bits per heavy atom. The van der Waals surface area contributed by atoms with Crippen LogP contribution in [0, 0.1) is 0 Å². The maximum atomic E-state index is 10.8. The van der Waals surface area contributed by atoms with Crippen molar-refractivity contribution in [3.8, 4) is 11.5 Å². The second-order valence-electron chi connectivity index (χ2n) is 4.00. The van der Waals surface area contributed by atoms with Gasteiger partial charge in [-0.2, -0.15) is 0 Å². The summed E-state index contributed by atoms with van der Waals surface area (Å²) in [5.74, 6) is 0.456. The lowest BCUT2D eigenvalue weighted by Crippen LogP contribution is -2.42. The largest absolute Gasteiger partial charge is 0.493 e. The molecule has 1 unspecified atom stereocenters. The molecule has 1 aromatic carbocycles. The van der Waals surface area contributed by atoms with Crippen LogP contribution in [0.4, 0.5) is 0 Å². The number of methoxy groups -OCH3 is 2. The number of rotatable bonds is 8. The molecule has 0 amide bonds. The number of ether oxygens (including phenoxy) is 2. The number of carboxylic acids is 1. The highest BCUT2D eigenvalue weighted by molar-refractivity contribution is 5.73. The quantitative estimate of drug-likeness (QED) is 0.636. The van der Waals surface area contributed by atoms with E-state index < -0.39 is 12.0 Å². The first kappa shape index (κ1) is 15.3. The molecule has 6 nitrogen and oxygen atoms in total. The highest BCUT2D eigenvalue weighted by Crippen LogP contribution is 2.27. The van der Waals surface area contributed by atoms with Gasteiger partial charge in [0.15, 0.2) is 11.5 Å². The van der Waals surface area contributed by atoms with Gasteiger partial charge >= 0.3 is 5.97 Å². The summed E-state index contributed by atoms with van der Waals surface area (Å²) in [4.78, 5) is 10.8. The molecule has 106 valence electrons. The van der Waals surface area contributed by atoms with E-state index in [1.807, 2.05) is 18.2 Å². The third kappa shape index (κ3) is 4.42. The van der Waals surface area contributed by atoms with E-state index in [1.54, 1.807) is 21.3 Å². The van der Waals surface area contributed by atoms with Crippen LogP contribution in [0.15, 0.2) is 18.2 Å². The maximum absolute atomic E-state index is 10.8. The summed E-state index contributed by atoms with van der Waals surface area (Å²) in [7, 11) is 4.79. The van der Waals surface area contributed by atoms with E-state index in [4.69, 9.17) is 14.6 Å². The predicted octanol–water partition coefficient (Wildman–Crippen LogP) is 0.466. The van der Waals surface area contributed by atoms with Crippen LogP contribution in [0.1, 0.15) is 5.56 Å². The van der Waals surface area contributed by atoms with Crippen molar-refractivity contribution in [1.82, 2.24) is 10.6 Å². The van der Waals surface area contributed by atoms with E-state index in [-0.39, 0.29) is 0 Å². The van der Waals surface area contributed by atoms with Crippen LogP contribution in [-0.2, 0) is 11.3 Å². The van der Waals surface area contributed by atoms with Crippen LogP contribution in [0.5, 0.6) is 11.5 Å². The minimum absolute atomic E-state index is 0.347. The summed E-state index contributed by atoms with van der Waals surface area (Å²) in [5.41, 5.74) is 0.998. The van der Waals surface area contributed by atoms with Gasteiger partial charge in [0.1, 0.15) is 6.04 Å². The lowest BCUT2D eigenvalue weighted by molar-refractivity contribution is -0.139. The normalized spacial score (nSPS) is 11.9. The number of nitrogens with one attached hydrogen (secondary N) is 2. The van der Waals surface area contributed by atoms with E-state index in [0.29, 0.717) is 24.6 Å². The molecule has 0 heterocycles. The third-order valence-electron chi connectivity index (χ3n) is 2.77. The maximum Gasteiger partial charge on any atom is 0.322 e. The topological polar surface area (TPSA) is 79.8 Å². The number of hydrogen-bond donors (Lipinski definition) is 3. The van der Waals surface area contributed by atoms with E-state index >= 15 is 0 Å². The first-order valence-electron chi connectivity index (χ1n) is 5.94. The van der Waals surface area contributed by atoms with E-state index in [1.165, 1.54) is 0 Å². The fourth-order valence-corrected chi connectivity index (χ4v) is 1.66. The Morgan fingerprint density at radius 1 is 1.32 bits per heavy atom. The van der Waals surface area contributed by atoms with Gasteiger partial charge in [0.25, 0.3) is 0 Å². The minimum Gasteiger partial charge on any atom is -0.493 e. The predicted molar refractivity (Wildman–Crippen MR) is 71.7 cm³/mol. The number of aliphatic carboxylic acids is 1. The van der Waals surface area contributed by atoms with Gasteiger partial charge < -0.3 is 25.2 Å². The smallest absolute Gasteiger partial charge is 0.322 e. The van der Waals surface area contributed by atoms with Crippen LogP contribution in [-0.4, -0.2) is 44.9 Å². The van der Waals surface area contributed by atoms with Crippen LogP contribution in [0.2, 0.25) is 0 Å². The van der Waals surface area contributed by atoms with Gasteiger partial charge in [-0.25, -0.2) is 0 Å². The molecular formula is C13H20N2O4. The molecule has 0 fully saturated rings. The molecule has 0 aromatic heterocycles. The average Bonchev–Trinajstić information content (AvgIpc) is 2.42. The second-order valence-corrected chi connectivity index (χ2v) is 4.00. The van der Waals surface area contributed by atoms with Crippen molar-refractivity contribution in [2.24, 2.45) is 0 Å². The molecule has 0 radical (unpaired) electrons. The van der Waals surface area contributed by atoms with Crippen molar-refractivity contribution < 1.29 is 19.4 Å². The van der Waals surface area contributed by atoms with Gasteiger partial charge in [0.2, 0.25) is 0 Å². The zero-order valence-electron chi connectivity index (χ0n) is 11.4. The van der Waals surface area contributed by atoms with Crippen LogP contribution >= 0.6 is 0 Å². The number of likely N-dealkylation sites (N-methyl/N-ethyl adjacent to an activating group) is 1. The van der Waals surface area contributed by atoms with Crippen LogP contribution in [0.3, 0.4) is 0 Å². The van der Waals surface area contributed by atoms with Gasteiger partial charge in [0, 0.05) is 13.1 Å². The monoisotopic (exact) mass is 268 g/mol. The minimum atomic E-state index is -0.873. The highest BCUT2D eigenvalue weighted by Gasteiger charge is 2.13. The molecule has 1 atom stereocenters. The molecule has 0 aliphatic rings. The Hall–Kier alpha value is -1.79. The summed E-state index contributed by atoms with van der Waals surface area (Å²) in [6.45, 7) is 0.909. The summed E-state index contributed by atoms with van der Waals surface area (Å²) >= 11 is 0. The van der Waals surface area contributed by atoms with E-state index in [2.05, 4.69) is 10.6 Å². The van der Waals surface area contributed by atoms with Crippen LogP contribution in [0.25, 0.3) is 0 Å². The van der Waals surface area contributed by atoms with Crippen molar-refractivity contribution in [3.05, 3.63) is 23.8 Å². The molecule has 0 saturated heterocycles. The molecule has 0 aliphatic carbocycles. The molecular weight excluding hydrogens is 248 g/mol. The van der Waals surface area contributed by atoms with Gasteiger partial charge in [-0.15, -0.1) is 0 Å². The van der Waals surface area contributed by atoms with E-state index in [0.717, 1.165) is 5.56 Å². The average molecular weight is 268 g/mol. The molecule has 1 rings (SSSR count). The fraction of sp³-hybridized carbons (Fsp3) is 0.462. The van der Waals surface area contributed by atoms with Gasteiger partial charge in [0.05, 0.1) is 14.2 Å². The summed E-state index contributed by atoms with van der Waals surface area (Å²) in [6.07, 6.45) is 0. The van der Waals surface area contributed by atoms with Gasteiger partial charge in [-0.1, -0.05) is 6.07 Å². The number of carboxylic acid groups (broad SMARTS) is 1. The Labute approximate surface area is 112 Å². The zero-order valence-corrected chi connectivity index (χ0v) is 11.4. The summed E-state index contributed by atoms with van der Waals surface area (Å²) in [6, 6.07) is 4.99. The molecule has 3 N–H and O–H groups in total. The lowest BCUT2D eigenvalue weighted by atomic mass is 10.2. The SMILES string of the molecule is CNC(CNCc1ccc(OC)c(OC)c1)C(=O)O. The Balaban J connectivity index is 2.56. The first-order valence-corrected chi connectivity index (χ1v) is 5.94. The second kappa shape index (κ2) is 7.60. The fourth-order valence-electron chi connectivity index (χ4n) is 1.66. The van der Waals surface area contributed by atoms with Crippen LogP contribution < -0.4 is 20.1 Å². The Kier molecular flexibility index (Phi) is 6.11. The number of carbonyl (C=O) groups is 1. The molecule has 6 heteroatoms. The molecule has 0 saturated carbocycles. The van der Waals surface area contributed by atoms with Crippen molar-refractivity contribution in [2.75, 3.05) is 27.8 Å². The van der Waals surface area contributed by atoms with Gasteiger partial charge in [-0.05, 0) is 24.7 Å². The lowest BCUT2D eigenvalue weighted by Gasteiger charge is -2.13. The highest BCUT2D eigenvalue weighted by atomic mass is 16.5. The summed E-state index contributed by atoms with van der Waals surface area (Å²) < 4.78 is 10.4. The van der Waals surface area contributed by atoms with E-state index in [9.17, 15) is 4.79 Å². The van der Waals surface area contributed by atoms with Crippen molar-refractivity contribution in [3.63, 3.8) is 0 Å². The Morgan fingerprint density at radius 2 is 2.00 bits per heavy atom. The van der Waals surface area contributed by atoms with Crippen molar-refractivity contribution >= 4 is 5.97 Å². The third-order valence-corrected chi connectivity index (χ3v) is 2.77. The Bertz CT molecular complexity index is 423. The molecule has 0 spiro atoms. The van der Waals surface area contributed by atoms with Crippen molar-refractivity contribution in [1.29, 1.82) is 0 Å². The van der Waals surface area contributed by atoms with Gasteiger partial charge in [-0.3, -0.25) is 4.79 Å². The zero-order chi connectivity index (χ0) is 14.3.